The maximum Gasteiger partial charge on any atom is 0.276 e. The van der Waals surface area contributed by atoms with Crippen molar-refractivity contribution in [3.05, 3.63) is 65.2 Å². The molecule has 0 bridgehead atoms. The highest BCUT2D eigenvalue weighted by atomic mass is 16.5. The summed E-state index contributed by atoms with van der Waals surface area (Å²) in [6.45, 7) is 3.40. The first-order valence-electron chi connectivity index (χ1n) is 11.3. The van der Waals surface area contributed by atoms with E-state index in [1.807, 2.05) is 31.1 Å². The summed E-state index contributed by atoms with van der Waals surface area (Å²) in [7, 11) is 5.52. The molecule has 10 nitrogen and oxygen atoms in total. The Bertz CT molecular complexity index is 1210. The van der Waals surface area contributed by atoms with Crippen LogP contribution in [0, 0.1) is 6.92 Å². The Labute approximate surface area is 204 Å². The summed E-state index contributed by atoms with van der Waals surface area (Å²) in [5, 5.41) is 4.05. The van der Waals surface area contributed by atoms with Crippen LogP contribution >= 0.6 is 0 Å². The number of carbonyl (C=O) groups is 2. The van der Waals surface area contributed by atoms with Crippen LogP contribution in [0.3, 0.4) is 0 Å². The number of rotatable bonds is 3. The predicted molar refractivity (Wildman–Crippen MR) is 128 cm³/mol. The number of hydrogen-bond acceptors (Lipinski definition) is 8. The molecule has 35 heavy (non-hydrogen) atoms. The van der Waals surface area contributed by atoms with Crippen molar-refractivity contribution in [3.63, 3.8) is 0 Å². The minimum Gasteiger partial charge on any atom is -0.488 e. The minimum atomic E-state index is -0.273. The lowest BCUT2D eigenvalue weighted by Crippen LogP contribution is -2.41. The van der Waals surface area contributed by atoms with Crippen LogP contribution in [0.2, 0.25) is 0 Å². The average Bonchev–Trinajstić information content (AvgIpc) is 3.20. The molecule has 0 saturated carbocycles. The van der Waals surface area contributed by atoms with Crippen LogP contribution in [-0.4, -0.2) is 84.0 Å². The van der Waals surface area contributed by atoms with Crippen LogP contribution in [0.4, 0.5) is 0 Å². The molecule has 10 heteroatoms. The molecule has 4 rings (SSSR count). The molecule has 3 heterocycles. The lowest BCUT2D eigenvalue weighted by Gasteiger charge is -2.25. The number of nitrogens with zero attached hydrogens (tertiary/aromatic N) is 5. The molecule has 0 saturated heterocycles. The van der Waals surface area contributed by atoms with E-state index in [2.05, 4.69) is 10.1 Å². The highest BCUT2D eigenvalue weighted by molar-refractivity contribution is 5.96. The van der Waals surface area contributed by atoms with Crippen molar-refractivity contribution in [3.8, 4) is 17.4 Å². The smallest absolute Gasteiger partial charge is 0.276 e. The van der Waals surface area contributed by atoms with Gasteiger partial charge in [-0.15, -0.1) is 0 Å². The van der Waals surface area contributed by atoms with Crippen molar-refractivity contribution in [2.45, 2.75) is 13.5 Å². The normalized spacial score (nSPS) is 14.7. The van der Waals surface area contributed by atoms with Crippen molar-refractivity contribution in [1.82, 2.24) is 24.8 Å². The minimum absolute atomic E-state index is 0.193. The van der Waals surface area contributed by atoms with E-state index in [1.54, 1.807) is 54.2 Å². The van der Waals surface area contributed by atoms with Gasteiger partial charge < -0.3 is 28.7 Å². The highest BCUT2D eigenvalue weighted by Crippen LogP contribution is 2.32. The summed E-state index contributed by atoms with van der Waals surface area (Å²) in [4.78, 5) is 36.1. The van der Waals surface area contributed by atoms with Crippen molar-refractivity contribution in [1.29, 1.82) is 0 Å². The average molecular weight is 480 g/mol. The summed E-state index contributed by atoms with van der Waals surface area (Å²) < 4.78 is 17.3. The summed E-state index contributed by atoms with van der Waals surface area (Å²) in [5.74, 6) is 1.18. The fourth-order valence-electron chi connectivity index (χ4n) is 3.76. The number of carbonyl (C=O) groups excluding carboxylic acids is 2. The van der Waals surface area contributed by atoms with Gasteiger partial charge in [0.05, 0.1) is 6.54 Å². The van der Waals surface area contributed by atoms with Gasteiger partial charge in [-0.05, 0) is 45.3 Å². The van der Waals surface area contributed by atoms with E-state index in [0.29, 0.717) is 35.9 Å². The van der Waals surface area contributed by atoms with Gasteiger partial charge in [-0.1, -0.05) is 17.3 Å². The number of para-hydroxylation sites is 2. The molecule has 0 N–H and O–H groups in total. The molecule has 3 aromatic rings. The van der Waals surface area contributed by atoms with Crippen molar-refractivity contribution < 1.29 is 23.6 Å². The molecule has 184 valence electrons. The number of hydrogen-bond donors (Lipinski definition) is 0. The standard InChI is InChI=1S/C25H29N5O5/c1-17-19(16-28(2)3)22(27-35-17)25(32)30-13-12-29(4)24(31)18-8-7-11-26-23(18)34-21-10-6-5-9-20(21)33-15-14-30/h5-11H,12-16H2,1-4H3. The van der Waals surface area contributed by atoms with E-state index in [9.17, 15) is 9.59 Å². The van der Waals surface area contributed by atoms with E-state index in [1.165, 1.54) is 0 Å². The number of ether oxygens (including phenoxy) is 2. The van der Waals surface area contributed by atoms with E-state index >= 15 is 0 Å². The molecule has 1 aliphatic rings. The third-order valence-electron chi connectivity index (χ3n) is 5.68. The van der Waals surface area contributed by atoms with Crippen molar-refractivity contribution >= 4 is 11.8 Å². The maximum atomic E-state index is 13.5. The van der Waals surface area contributed by atoms with Gasteiger partial charge in [0.1, 0.15) is 17.9 Å². The summed E-state index contributed by atoms with van der Waals surface area (Å²) >= 11 is 0. The molecule has 1 aliphatic heterocycles. The van der Waals surface area contributed by atoms with Gasteiger partial charge in [-0.3, -0.25) is 9.59 Å². The molecule has 0 atom stereocenters. The van der Waals surface area contributed by atoms with Gasteiger partial charge in [-0.2, -0.15) is 0 Å². The fraction of sp³-hybridized carbons (Fsp3) is 0.360. The first kappa shape index (κ1) is 24.2. The lowest BCUT2D eigenvalue weighted by atomic mass is 10.1. The first-order valence-corrected chi connectivity index (χ1v) is 11.3. The van der Waals surface area contributed by atoms with Crippen LogP contribution < -0.4 is 9.47 Å². The molecule has 0 spiro atoms. The van der Waals surface area contributed by atoms with Gasteiger partial charge >= 0.3 is 0 Å². The Balaban J connectivity index is 1.66. The number of aromatic nitrogens is 2. The molecule has 2 aromatic heterocycles. The second-order valence-electron chi connectivity index (χ2n) is 8.58. The Morgan fingerprint density at radius 3 is 2.63 bits per heavy atom. The van der Waals surface area contributed by atoms with Gasteiger partial charge in [0.25, 0.3) is 11.8 Å². The second kappa shape index (κ2) is 10.6. The number of likely N-dealkylation sites (N-methyl/N-ethyl adjacent to an activating group) is 1. The van der Waals surface area contributed by atoms with Gasteiger partial charge in [0, 0.05) is 38.4 Å². The molecule has 1 aromatic carbocycles. The second-order valence-corrected chi connectivity index (χ2v) is 8.58. The van der Waals surface area contributed by atoms with Gasteiger partial charge in [0.2, 0.25) is 5.88 Å². The molecular weight excluding hydrogens is 450 g/mol. The number of aryl methyl sites for hydroxylation is 1. The van der Waals surface area contributed by atoms with E-state index in [-0.39, 0.29) is 43.1 Å². The summed E-state index contributed by atoms with van der Waals surface area (Å²) in [6, 6.07) is 10.5. The Morgan fingerprint density at radius 1 is 1.09 bits per heavy atom. The number of benzene rings is 1. The molecule has 0 unspecified atom stereocenters. The van der Waals surface area contributed by atoms with Crippen LogP contribution in [0.1, 0.15) is 32.2 Å². The van der Waals surface area contributed by atoms with Gasteiger partial charge in [-0.25, -0.2) is 4.98 Å². The van der Waals surface area contributed by atoms with Crippen LogP contribution in [0.15, 0.2) is 47.1 Å². The van der Waals surface area contributed by atoms with E-state index < -0.39 is 0 Å². The highest BCUT2D eigenvalue weighted by Gasteiger charge is 2.27. The number of pyridine rings is 1. The van der Waals surface area contributed by atoms with E-state index in [0.717, 1.165) is 5.56 Å². The van der Waals surface area contributed by atoms with Crippen LogP contribution in [-0.2, 0) is 6.54 Å². The van der Waals surface area contributed by atoms with Crippen molar-refractivity contribution in [2.24, 2.45) is 0 Å². The molecule has 0 aliphatic carbocycles. The SMILES string of the molecule is Cc1onc(C(=O)N2CCOc3ccccc3Oc3ncccc3C(=O)N(C)CC2)c1CN(C)C. The first-order chi connectivity index (χ1) is 16.8. The third kappa shape index (κ3) is 5.43. The fourth-order valence-corrected chi connectivity index (χ4v) is 3.76. The topological polar surface area (TPSA) is 101 Å². The zero-order valence-electron chi connectivity index (χ0n) is 20.4. The van der Waals surface area contributed by atoms with Crippen molar-refractivity contribution in [2.75, 3.05) is 47.4 Å². The number of amides is 2. The predicted octanol–water partition coefficient (Wildman–Crippen LogP) is 2.84. The molecule has 0 radical (unpaired) electrons. The lowest BCUT2D eigenvalue weighted by molar-refractivity contribution is 0.0660. The molecule has 0 fully saturated rings. The molecular formula is C25H29N5O5. The summed E-state index contributed by atoms with van der Waals surface area (Å²) in [6.07, 6.45) is 1.57. The Kier molecular flexibility index (Phi) is 7.31. The Hall–Kier alpha value is -3.92. The zero-order chi connectivity index (χ0) is 24.9. The van der Waals surface area contributed by atoms with E-state index in [4.69, 9.17) is 14.0 Å². The van der Waals surface area contributed by atoms with Crippen LogP contribution in [0.25, 0.3) is 0 Å². The maximum absolute atomic E-state index is 13.5. The third-order valence-corrected chi connectivity index (χ3v) is 5.68. The Morgan fingerprint density at radius 2 is 1.86 bits per heavy atom. The number of fused-ring (bicyclic) bond motifs is 2. The van der Waals surface area contributed by atoms with Crippen LogP contribution in [0.5, 0.6) is 17.4 Å². The quantitative estimate of drug-likeness (QED) is 0.565. The summed E-state index contributed by atoms with van der Waals surface area (Å²) in [5.41, 5.74) is 1.34. The largest absolute Gasteiger partial charge is 0.488 e. The molecule has 2 amide bonds. The zero-order valence-corrected chi connectivity index (χ0v) is 20.4. The monoisotopic (exact) mass is 479 g/mol. The van der Waals surface area contributed by atoms with Gasteiger partial charge in [0.15, 0.2) is 17.2 Å².